The summed E-state index contributed by atoms with van der Waals surface area (Å²) >= 11 is 0. The molecule has 3 rings (SSSR count). The number of guanidine groups is 1. The number of hydroxylamine groups is 2. The molecule has 0 unspecified atom stereocenters. The number of nitrogens with zero attached hydrogens (tertiary/aromatic N) is 3. The van der Waals surface area contributed by atoms with Crippen LogP contribution in [0, 0.1) is 19.3 Å². The third kappa shape index (κ3) is 4.70. The fraction of sp³-hybridized carbons (Fsp3) is 0.158. The van der Waals surface area contributed by atoms with Gasteiger partial charge in [-0.3, -0.25) is 10.2 Å². The summed E-state index contributed by atoms with van der Waals surface area (Å²) in [5.41, 5.74) is 8.33. The second kappa shape index (κ2) is 8.05. The molecule has 0 aliphatic heterocycles. The van der Waals surface area contributed by atoms with Crippen LogP contribution in [0.5, 0.6) is 0 Å². The number of aromatic nitrogens is 2. The van der Waals surface area contributed by atoms with E-state index >= 15 is 0 Å². The lowest BCUT2D eigenvalue weighted by Crippen LogP contribution is -2.42. The minimum absolute atomic E-state index is 0.0971. The van der Waals surface area contributed by atoms with E-state index in [1.165, 1.54) is 6.07 Å². The van der Waals surface area contributed by atoms with Gasteiger partial charge in [0.25, 0.3) is 21.9 Å². The van der Waals surface area contributed by atoms with Crippen molar-refractivity contribution in [2.75, 3.05) is 6.26 Å². The number of hydrogen-bond acceptors (Lipinski definition) is 8. The van der Waals surface area contributed by atoms with Gasteiger partial charge in [0.1, 0.15) is 0 Å². The third-order valence-corrected chi connectivity index (χ3v) is 4.47. The van der Waals surface area contributed by atoms with Gasteiger partial charge in [-0.2, -0.15) is 13.4 Å². The lowest BCUT2D eigenvalue weighted by Gasteiger charge is -2.18. The molecular formula is C19H19N5O5S. The molecule has 1 amide bonds. The molecule has 156 valence electrons. The number of hydrogen-bond donors (Lipinski definition) is 2. The second-order valence-electron chi connectivity index (χ2n) is 6.58. The fourth-order valence-electron chi connectivity index (χ4n) is 2.63. The maximum atomic E-state index is 12.6. The molecule has 0 bridgehead atoms. The van der Waals surface area contributed by atoms with Crippen LogP contribution >= 0.6 is 0 Å². The van der Waals surface area contributed by atoms with E-state index in [-0.39, 0.29) is 10.6 Å². The number of amides is 1. The number of carbonyl (C=O) groups is 1. The van der Waals surface area contributed by atoms with Gasteiger partial charge in [-0.15, -0.1) is 9.35 Å². The number of nitrogens with two attached hydrogens (primary N) is 1. The van der Waals surface area contributed by atoms with Crippen LogP contribution in [0.4, 0.5) is 0 Å². The maximum absolute atomic E-state index is 12.6. The van der Waals surface area contributed by atoms with Crippen LogP contribution in [0.25, 0.3) is 22.8 Å². The number of rotatable bonds is 5. The molecule has 1 aromatic heterocycles. The maximum Gasteiger partial charge on any atom is 0.286 e. The van der Waals surface area contributed by atoms with Crippen molar-refractivity contribution in [3.8, 4) is 22.8 Å². The van der Waals surface area contributed by atoms with Crippen molar-refractivity contribution in [2.45, 2.75) is 13.8 Å². The first-order valence-electron chi connectivity index (χ1n) is 8.65. The zero-order valence-electron chi connectivity index (χ0n) is 16.4. The highest BCUT2D eigenvalue weighted by Crippen LogP contribution is 2.25. The largest absolute Gasteiger partial charge is 0.368 e. The van der Waals surface area contributed by atoms with Crippen LogP contribution in [0.1, 0.15) is 21.5 Å². The lowest BCUT2D eigenvalue weighted by molar-refractivity contribution is 0.0200. The molecule has 0 aliphatic carbocycles. The van der Waals surface area contributed by atoms with Crippen molar-refractivity contribution in [3.63, 3.8) is 0 Å². The molecule has 1 heterocycles. The smallest absolute Gasteiger partial charge is 0.286 e. The van der Waals surface area contributed by atoms with Gasteiger partial charge >= 0.3 is 0 Å². The molecular weight excluding hydrogens is 410 g/mol. The number of aryl methyl sites for hydroxylation is 2. The third-order valence-electron chi connectivity index (χ3n) is 4.05. The first-order valence-corrected chi connectivity index (χ1v) is 10.5. The van der Waals surface area contributed by atoms with E-state index in [0.29, 0.717) is 22.8 Å². The van der Waals surface area contributed by atoms with Gasteiger partial charge in [-0.1, -0.05) is 28.9 Å². The molecule has 0 spiro atoms. The van der Waals surface area contributed by atoms with Gasteiger partial charge in [0, 0.05) is 16.7 Å². The summed E-state index contributed by atoms with van der Waals surface area (Å²) in [6.45, 7) is 3.61. The zero-order chi connectivity index (χ0) is 22.1. The van der Waals surface area contributed by atoms with Crippen molar-refractivity contribution in [1.82, 2.24) is 15.2 Å². The van der Waals surface area contributed by atoms with Crippen molar-refractivity contribution in [1.29, 1.82) is 5.41 Å². The van der Waals surface area contributed by atoms with E-state index < -0.39 is 22.0 Å². The quantitative estimate of drug-likeness (QED) is 0.356. The molecule has 0 radical (unpaired) electrons. The van der Waals surface area contributed by atoms with Crippen molar-refractivity contribution in [3.05, 3.63) is 59.2 Å². The first-order chi connectivity index (χ1) is 14.0. The predicted octanol–water partition coefficient (Wildman–Crippen LogP) is 2.25. The number of nitrogens with one attached hydrogen (secondary N) is 1. The summed E-state index contributed by atoms with van der Waals surface area (Å²) in [5, 5.41) is 11.6. The van der Waals surface area contributed by atoms with Crippen molar-refractivity contribution in [2.24, 2.45) is 5.73 Å². The van der Waals surface area contributed by atoms with Crippen LogP contribution in [-0.2, 0) is 14.4 Å². The fourth-order valence-corrected chi connectivity index (χ4v) is 3.04. The Morgan fingerprint density at radius 3 is 2.33 bits per heavy atom. The molecule has 0 aliphatic rings. The predicted molar refractivity (Wildman–Crippen MR) is 109 cm³/mol. The number of benzene rings is 2. The minimum atomic E-state index is -4.06. The standard InChI is InChI=1S/C19H19N5O5S/c1-11-4-6-13(7-5-11)17-22-16(23-28-17)14-8-9-15(12(2)10-14)18(25)24(19(20)21)29-30(3,26)27/h4-10H,1-3H3,(H3,20,21). The zero-order valence-corrected chi connectivity index (χ0v) is 17.2. The van der Waals surface area contributed by atoms with Crippen LogP contribution < -0.4 is 5.73 Å². The van der Waals surface area contributed by atoms with Gasteiger partial charge in [-0.05, 0) is 43.7 Å². The molecule has 0 saturated heterocycles. The molecule has 11 heteroatoms. The summed E-state index contributed by atoms with van der Waals surface area (Å²) in [7, 11) is -4.06. The average Bonchev–Trinajstić information content (AvgIpc) is 3.15. The van der Waals surface area contributed by atoms with E-state index in [0.717, 1.165) is 17.4 Å². The van der Waals surface area contributed by atoms with Crippen LogP contribution in [-0.4, -0.2) is 41.7 Å². The van der Waals surface area contributed by atoms with Crippen LogP contribution in [0.3, 0.4) is 0 Å². The van der Waals surface area contributed by atoms with E-state index in [2.05, 4.69) is 14.4 Å². The Balaban J connectivity index is 1.89. The molecule has 10 nitrogen and oxygen atoms in total. The van der Waals surface area contributed by atoms with Gasteiger partial charge in [0.05, 0.1) is 6.26 Å². The molecule has 3 N–H and O–H groups in total. The molecule has 3 aromatic rings. The Morgan fingerprint density at radius 1 is 1.13 bits per heavy atom. The number of carbonyl (C=O) groups excluding carboxylic acids is 1. The minimum Gasteiger partial charge on any atom is -0.368 e. The Morgan fingerprint density at radius 2 is 1.77 bits per heavy atom. The molecule has 0 atom stereocenters. The van der Waals surface area contributed by atoms with Crippen molar-refractivity contribution >= 4 is 22.0 Å². The SMILES string of the molecule is Cc1ccc(-c2nc(-c3ccc(C(=O)N(OS(C)(=O)=O)C(=N)N)c(C)c3)no2)cc1. The van der Waals surface area contributed by atoms with Crippen molar-refractivity contribution < 1.29 is 22.0 Å². The summed E-state index contributed by atoms with van der Waals surface area (Å²) < 4.78 is 32.5. The molecule has 0 fully saturated rings. The van der Waals surface area contributed by atoms with E-state index in [4.69, 9.17) is 15.7 Å². The van der Waals surface area contributed by atoms with E-state index in [1.54, 1.807) is 19.1 Å². The van der Waals surface area contributed by atoms with Gasteiger partial charge in [0.15, 0.2) is 0 Å². The van der Waals surface area contributed by atoms with Crippen LogP contribution in [0.15, 0.2) is 47.0 Å². The van der Waals surface area contributed by atoms with Gasteiger partial charge in [-0.25, -0.2) is 0 Å². The topological polar surface area (TPSA) is 152 Å². The highest BCUT2D eigenvalue weighted by atomic mass is 32.2. The monoisotopic (exact) mass is 429 g/mol. The highest BCUT2D eigenvalue weighted by molar-refractivity contribution is 7.85. The summed E-state index contributed by atoms with van der Waals surface area (Å²) in [6.07, 6.45) is 0.744. The van der Waals surface area contributed by atoms with E-state index in [1.807, 2.05) is 31.2 Å². The normalized spacial score (nSPS) is 11.3. The Bertz CT molecular complexity index is 1220. The molecule has 30 heavy (non-hydrogen) atoms. The Kier molecular flexibility index (Phi) is 5.67. The van der Waals surface area contributed by atoms with Gasteiger partial charge < -0.3 is 10.3 Å². The van der Waals surface area contributed by atoms with Crippen LogP contribution in [0.2, 0.25) is 0 Å². The summed E-state index contributed by atoms with van der Waals surface area (Å²) in [5.74, 6) is -1.09. The Hall–Kier alpha value is -3.57. The average molecular weight is 429 g/mol. The van der Waals surface area contributed by atoms with E-state index in [9.17, 15) is 13.2 Å². The second-order valence-corrected chi connectivity index (χ2v) is 8.14. The van der Waals surface area contributed by atoms with Gasteiger partial charge in [0.2, 0.25) is 11.8 Å². The lowest BCUT2D eigenvalue weighted by atomic mass is 10.0. The highest BCUT2D eigenvalue weighted by Gasteiger charge is 2.25. The molecule has 2 aromatic carbocycles. The summed E-state index contributed by atoms with van der Waals surface area (Å²) in [6, 6.07) is 12.3. The first kappa shape index (κ1) is 21.1. The summed E-state index contributed by atoms with van der Waals surface area (Å²) in [4.78, 5) is 17.0. The Labute approximate surface area is 172 Å². The molecule has 0 saturated carbocycles.